The zero-order valence-corrected chi connectivity index (χ0v) is 10.5. The maximum absolute atomic E-state index is 12.0. The van der Waals surface area contributed by atoms with Crippen LogP contribution < -0.4 is 5.73 Å². The van der Waals surface area contributed by atoms with E-state index in [0.29, 0.717) is 5.69 Å². The lowest BCUT2D eigenvalue weighted by Gasteiger charge is -2.17. The Morgan fingerprint density at radius 2 is 2.16 bits per heavy atom. The van der Waals surface area contributed by atoms with Crippen LogP contribution in [0.1, 0.15) is 18.4 Å². The van der Waals surface area contributed by atoms with Crippen molar-refractivity contribution in [1.29, 1.82) is 0 Å². The average molecular weight is 260 g/mol. The van der Waals surface area contributed by atoms with E-state index in [9.17, 15) is 9.59 Å². The Bertz CT molecular complexity index is 521. The van der Waals surface area contributed by atoms with Crippen LogP contribution in [0.3, 0.4) is 0 Å². The van der Waals surface area contributed by atoms with Crippen molar-refractivity contribution in [2.45, 2.75) is 18.9 Å². The zero-order chi connectivity index (χ0) is 13.8. The Hall–Kier alpha value is -2.30. The van der Waals surface area contributed by atoms with E-state index < -0.39 is 5.97 Å². The fourth-order valence-corrected chi connectivity index (χ4v) is 1.84. The molecule has 0 aliphatic heterocycles. The summed E-state index contributed by atoms with van der Waals surface area (Å²) >= 11 is 0. The Morgan fingerprint density at radius 3 is 2.74 bits per heavy atom. The quantitative estimate of drug-likeness (QED) is 0.618. The molecule has 1 fully saturated rings. The van der Waals surface area contributed by atoms with E-state index in [2.05, 4.69) is 0 Å². The van der Waals surface area contributed by atoms with E-state index in [1.807, 2.05) is 6.07 Å². The van der Waals surface area contributed by atoms with Crippen LogP contribution in [0, 0.1) is 0 Å². The van der Waals surface area contributed by atoms with Crippen LogP contribution in [0.25, 0.3) is 6.08 Å². The molecule has 19 heavy (non-hydrogen) atoms. The molecule has 0 unspecified atom stereocenters. The first-order valence-corrected chi connectivity index (χ1v) is 6.12. The summed E-state index contributed by atoms with van der Waals surface area (Å²) < 4.78 is 0. The SMILES string of the molecule is Nc1cccc(/C=C/C(=O)N(CC(=O)O)C2CC2)c1. The summed E-state index contributed by atoms with van der Waals surface area (Å²) in [7, 11) is 0. The van der Waals surface area contributed by atoms with Crippen LogP contribution in [0.15, 0.2) is 30.3 Å². The summed E-state index contributed by atoms with van der Waals surface area (Å²) in [6.45, 7) is -0.245. The van der Waals surface area contributed by atoms with Gasteiger partial charge in [-0.2, -0.15) is 0 Å². The molecule has 0 bridgehead atoms. The smallest absolute Gasteiger partial charge is 0.323 e. The lowest BCUT2D eigenvalue weighted by atomic mass is 10.2. The van der Waals surface area contributed by atoms with Gasteiger partial charge in [-0.3, -0.25) is 9.59 Å². The summed E-state index contributed by atoms with van der Waals surface area (Å²) in [6, 6.07) is 7.23. The van der Waals surface area contributed by atoms with Gasteiger partial charge in [-0.25, -0.2) is 0 Å². The zero-order valence-electron chi connectivity index (χ0n) is 10.5. The first-order chi connectivity index (χ1) is 9.06. The highest BCUT2D eigenvalue weighted by molar-refractivity contribution is 5.94. The third-order valence-electron chi connectivity index (χ3n) is 2.91. The van der Waals surface area contributed by atoms with E-state index in [0.717, 1.165) is 18.4 Å². The van der Waals surface area contributed by atoms with Crippen molar-refractivity contribution in [2.75, 3.05) is 12.3 Å². The van der Waals surface area contributed by atoms with Gasteiger partial charge in [0.05, 0.1) is 0 Å². The van der Waals surface area contributed by atoms with E-state index in [1.165, 1.54) is 11.0 Å². The van der Waals surface area contributed by atoms with Gasteiger partial charge in [-0.05, 0) is 36.6 Å². The number of rotatable bonds is 5. The van der Waals surface area contributed by atoms with E-state index in [1.54, 1.807) is 24.3 Å². The number of hydrogen-bond donors (Lipinski definition) is 2. The van der Waals surface area contributed by atoms with Crippen LogP contribution >= 0.6 is 0 Å². The van der Waals surface area contributed by atoms with Gasteiger partial charge in [0.2, 0.25) is 5.91 Å². The highest BCUT2D eigenvalue weighted by atomic mass is 16.4. The van der Waals surface area contributed by atoms with Gasteiger partial charge >= 0.3 is 5.97 Å². The number of carboxylic acids is 1. The molecule has 1 amide bonds. The highest BCUT2D eigenvalue weighted by Gasteiger charge is 2.32. The van der Waals surface area contributed by atoms with Crippen molar-refractivity contribution in [3.8, 4) is 0 Å². The highest BCUT2D eigenvalue weighted by Crippen LogP contribution is 2.26. The molecule has 1 aliphatic rings. The third kappa shape index (κ3) is 3.84. The van der Waals surface area contributed by atoms with Gasteiger partial charge in [-0.15, -0.1) is 0 Å². The van der Waals surface area contributed by atoms with Crippen molar-refractivity contribution < 1.29 is 14.7 Å². The van der Waals surface area contributed by atoms with Gasteiger partial charge in [0.1, 0.15) is 6.54 Å². The number of hydrogen-bond acceptors (Lipinski definition) is 3. The number of carbonyl (C=O) groups is 2. The number of anilines is 1. The predicted octanol–water partition coefficient (Wildman–Crippen LogP) is 1.36. The van der Waals surface area contributed by atoms with Crippen molar-refractivity contribution in [3.63, 3.8) is 0 Å². The summed E-state index contributed by atoms with van der Waals surface area (Å²) in [5, 5.41) is 8.80. The topological polar surface area (TPSA) is 83.6 Å². The molecule has 0 atom stereocenters. The van der Waals surface area contributed by atoms with Gasteiger partial charge in [-0.1, -0.05) is 12.1 Å². The maximum atomic E-state index is 12.0. The van der Waals surface area contributed by atoms with Crippen molar-refractivity contribution >= 4 is 23.6 Å². The molecule has 0 spiro atoms. The summed E-state index contributed by atoms with van der Waals surface area (Å²) in [5.74, 6) is -1.26. The Morgan fingerprint density at radius 1 is 1.42 bits per heavy atom. The van der Waals surface area contributed by atoms with Gasteiger partial charge in [0, 0.05) is 17.8 Å². The first-order valence-electron chi connectivity index (χ1n) is 6.12. The number of amides is 1. The number of nitrogens with two attached hydrogens (primary N) is 1. The van der Waals surface area contributed by atoms with E-state index >= 15 is 0 Å². The molecule has 1 aromatic rings. The summed E-state index contributed by atoms with van der Waals surface area (Å²) in [4.78, 5) is 24.1. The van der Waals surface area contributed by atoms with Crippen LogP contribution in [0.2, 0.25) is 0 Å². The molecule has 0 saturated heterocycles. The lowest BCUT2D eigenvalue weighted by molar-refractivity contribution is -0.143. The fraction of sp³-hybridized carbons (Fsp3) is 0.286. The molecule has 1 saturated carbocycles. The minimum atomic E-state index is -0.988. The van der Waals surface area contributed by atoms with Crippen LogP contribution in [-0.2, 0) is 9.59 Å². The molecule has 1 aliphatic carbocycles. The number of benzene rings is 1. The summed E-state index contributed by atoms with van der Waals surface area (Å²) in [6.07, 6.45) is 4.81. The Balaban J connectivity index is 2.04. The van der Waals surface area contributed by atoms with Gasteiger partial charge in [0.25, 0.3) is 0 Å². The average Bonchev–Trinajstić information content (AvgIpc) is 3.17. The number of nitrogen functional groups attached to an aromatic ring is 1. The normalized spacial score (nSPS) is 14.5. The van der Waals surface area contributed by atoms with E-state index in [-0.39, 0.29) is 18.5 Å². The standard InChI is InChI=1S/C14H16N2O3/c15-11-3-1-2-10(8-11)4-7-13(17)16(9-14(18)19)12-5-6-12/h1-4,7-8,12H,5-6,9,15H2,(H,18,19)/b7-4+. The van der Waals surface area contributed by atoms with Gasteiger partial charge < -0.3 is 15.7 Å². The van der Waals surface area contributed by atoms with Crippen LogP contribution in [0.5, 0.6) is 0 Å². The predicted molar refractivity (Wildman–Crippen MR) is 72.3 cm³/mol. The molecule has 5 heteroatoms. The van der Waals surface area contributed by atoms with Crippen molar-refractivity contribution in [2.24, 2.45) is 0 Å². The molecule has 0 heterocycles. The molecule has 1 aromatic carbocycles. The first kappa shape index (κ1) is 13.1. The number of nitrogens with zero attached hydrogens (tertiary/aromatic N) is 1. The van der Waals surface area contributed by atoms with Crippen molar-refractivity contribution in [3.05, 3.63) is 35.9 Å². The minimum Gasteiger partial charge on any atom is -0.480 e. The summed E-state index contributed by atoms with van der Waals surface area (Å²) in [5.41, 5.74) is 7.09. The largest absolute Gasteiger partial charge is 0.480 e. The lowest BCUT2D eigenvalue weighted by Crippen LogP contribution is -2.36. The molecule has 100 valence electrons. The Labute approximate surface area is 111 Å². The van der Waals surface area contributed by atoms with Crippen LogP contribution in [0.4, 0.5) is 5.69 Å². The van der Waals surface area contributed by atoms with Crippen LogP contribution in [-0.4, -0.2) is 34.5 Å². The molecule has 3 N–H and O–H groups in total. The molecule has 0 aromatic heterocycles. The second-order valence-electron chi connectivity index (χ2n) is 4.59. The second kappa shape index (κ2) is 5.56. The number of aliphatic carboxylic acids is 1. The third-order valence-corrected chi connectivity index (χ3v) is 2.91. The fourth-order valence-electron chi connectivity index (χ4n) is 1.84. The molecule has 0 radical (unpaired) electrons. The number of carbonyl (C=O) groups excluding carboxylic acids is 1. The monoisotopic (exact) mass is 260 g/mol. The van der Waals surface area contributed by atoms with Crippen molar-refractivity contribution in [1.82, 2.24) is 4.90 Å². The molecule has 2 rings (SSSR count). The Kier molecular flexibility index (Phi) is 3.85. The van der Waals surface area contributed by atoms with Gasteiger partial charge in [0.15, 0.2) is 0 Å². The molecular formula is C14H16N2O3. The molecule has 5 nitrogen and oxygen atoms in total. The second-order valence-corrected chi connectivity index (χ2v) is 4.59. The maximum Gasteiger partial charge on any atom is 0.323 e. The number of carboxylic acid groups (broad SMARTS) is 1. The molecular weight excluding hydrogens is 244 g/mol. The van der Waals surface area contributed by atoms with E-state index in [4.69, 9.17) is 10.8 Å². The minimum absolute atomic E-state index is 0.0779.